The second kappa shape index (κ2) is 4.47. The zero-order valence-corrected chi connectivity index (χ0v) is 8.72. The monoisotopic (exact) mass is 214 g/mol. The Hall–Kier alpha value is -0.650. The van der Waals surface area contributed by atoms with Crippen LogP contribution in [0.2, 0.25) is 0 Å². The minimum absolute atomic E-state index is 0.0188. The van der Waals surface area contributed by atoms with Gasteiger partial charge in [0.05, 0.1) is 18.2 Å². The van der Waals surface area contributed by atoms with Crippen molar-refractivity contribution < 1.29 is 15.0 Å². The summed E-state index contributed by atoms with van der Waals surface area (Å²) in [6.45, 7) is 1.41. The van der Waals surface area contributed by atoms with E-state index in [9.17, 15) is 15.0 Å². The third-order valence-corrected chi connectivity index (χ3v) is 3.18. The fourth-order valence-corrected chi connectivity index (χ4v) is 2.23. The van der Waals surface area contributed by atoms with E-state index in [2.05, 4.69) is 5.32 Å². The number of hydrogen-bond acceptors (Lipinski definition) is 4. The zero-order valence-electron chi connectivity index (χ0n) is 8.72. The first-order chi connectivity index (χ1) is 7.18. The summed E-state index contributed by atoms with van der Waals surface area (Å²) in [7, 11) is 0. The number of aliphatic hydroxyl groups is 2. The standard InChI is InChI=1S/C10H18N2O3/c13-8-5-12(6-9(8)14)10(15)7-3-1-2-4-11-7/h7-9,11,13-14H,1-6H2/t7?,8-,9+. The maximum Gasteiger partial charge on any atom is 0.239 e. The van der Waals surface area contributed by atoms with Crippen molar-refractivity contribution in [1.82, 2.24) is 10.2 Å². The molecule has 0 saturated carbocycles. The molecule has 0 aromatic carbocycles. The van der Waals surface area contributed by atoms with Crippen LogP contribution in [0.15, 0.2) is 0 Å². The molecule has 0 radical (unpaired) electrons. The van der Waals surface area contributed by atoms with Crippen LogP contribution in [0.4, 0.5) is 0 Å². The number of carbonyl (C=O) groups is 1. The van der Waals surface area contributed by atoms with Crippen LogP contribution in [-0.4, -0.2) is 58.9 Å². The molecule has 0 aliphatic carbocycles. The number of nitrogens with one attached hydrogen (secondary N) is 1. The van der Waals surface area contributed by atoms with Gasteiger partial charge in [-0.3, -0.25) is 4.79 Å². The number of amides is 1. The van der Waals surface area contributed by atoms with Gasteiger partial charge in [0.2, 0.25) is 5.91 Å². The third kappa shape index (κ3) is 2.30. The Morgan fingerprint density at radius 2 is 1.87 bits per heavy atom. The molecule has 2 fully saturated rings. The van der Waals surface area contributed by atoms with Crippen LogP contribution in [0.3, 0.4) is 0 Å². The van der Waals surface area contributed by atoms with E-state index < -0.39 is 12.2 Å². The van der Waals surface area contributed by atoms with Crippen molar-refractivity contribution in [3.63, 3.8) is 0 Å². The Bertz CT molecular complexity index is 231. The second-order valence-corrected chi connectivity index (χ2v) is 4.38. The Morgan fingerprint density at radius 1 is 1.20 bits per heavy atom. The molecular formula is C10H18N2O3. The van der Waals surface area contributed by atoms with Crippen molar-refractivity contribution >= 4 is 5.91 Å². The normalized spacial score (nSPS) is 36.9. The van der Waals surface area contributed by atoms with E-state index in [4.69, 9.17) is 0 Å². The van der Waals surface area contributed by atoms with Crippen molar-refractivity contribution in [2.45, 2.75) is 37.5 Å². The Morgan fingerprint density at radius 3 is 2.40 bits per heavy atom. The number of rotatable bonds is 1. The summed E-state index contributed by atoms with van der Waals surface area (Å²) >= 11 is 0. The molecule has 2 aliphatic rings. The van der Waals surface area contributed by atoms with Gasteiger partial charge in [-0.05, 0) is 19.4 Å². The predicted molar refractivity (Wildman–Crippen MR) is 54.2 cm³/mol. The fraction of sp³-hybridized carbons (Fsp3) is 0.900. The average Bonchev–Trinajstić information content (AvgIpc) is 2.59. The van der Waals surface area contributed by atoms with Crippen molar-refractivity contribution in [3.8, 4) is 0 Å². The summed E-state index contributed by atoms with van der Waals surface area (Å²) in [5.74, 6) is 0.0188. The first-order valence-electron chi connectivity index (χ1n) is 5.57. The molecule has 5 heteroatoms. The van der Waals surface area contributed by atoms with Gasteiger partial charge in [-0.1, -0.05) is 6.42 Å². The first kappa shape index (κ1) is 10.9. The summed E-state index contributed by atoms with van der Waals surface area (Å²) in [4.78, 5) is 13.5. The molecule has 2 rings (SSSR count). The number of β-amino-alcohol motifs (C(OH)–C–C–N with tert-alkyl or cyclic N) is 2. The first-order valence-corrected chi connectivity index (χ1v) is 5.57. The molecule has 2 aliphatic heterocycles. The van der Waals surface area contributed by atoms with Crippen LogP contribution in [0.25, 0.3) is 0 Å². The van der Waals surface area contributed by atoms with Crippen molar-refractivity contribution in [3.05, 3.63) is 0 Å². The predicted octanol–water partition coefficient (Wildman–Crippen LogP) is -1.31. The molecule has 2 heterocycles. The molecular weight excluding hydrogens is 196 g/mol. The van der Waals surface area contributed by atoms with Crippen molar-refractivity contribution in [1.29, 1.82) is 0 Å². The maximum atomic E-state index is 11.9. The van der Waals surface area contributed by atoms with Gasteiger partial charge < -0.3 is 20.4 Å². The third-order valence-electron chi connectivity index (χ3n) is 3.18. The topological polar surface area (TPSA) is 72.8 Å². The number of hydrogen-bond donors (Lipinski definition) is 3. The van der Waals surface area contributed by atoms with E-state index in [0.29, 0.717) is 0 Å². The number of aliphatic hydroxyl groups excluding tert-OH is 2. The Kier molecular flexibility index (Phi) is 3.23. The Labute approximate surface area is 89.1 Å². The minimum Gasteiger partial charge on any atom is -0.388 e. The van der Waals surface area contributed by atoms with Gasteiger partial charge >= 0.3 is 0 Å². The molecule has 15 heavy (non-hydrogen) atoms. The number of carbonyl (C=O) groups excluding carboxylic acids is 1. The highest BCUT2D eigenvalue weighted by atomic mass is 16.3. The molecule has 0 spiro atoms. The molecule has 3 atom stereocenters. The van der Waals surface area contributed by atoms with Gasteiger partial charge in [-0.2, -0.15) is 0 Å². The van der Waals surface area contributed by atoms with Gasteiger partial charge in [0.1, 0.15) is 0 Å². The molecule has 3 N–H and O–H groups in total. The lowest BCUT2D eigenvalue weighted by Crippen LogP contribution is -2.48. The van der Waals surface area contributed by atoms with E-state index >= 15 is 0 Å². The van der Waals surface area contributed by atoms with Gasteiger partial charge in [0.15, 0.2) is 0 Å². The molecule has 0 aromatic rings. The van der Waals surface area contributed by atoms with E-state index in [0.717, 1.165) is 25.8 Å². The van der Waals surface area contributed by atoms with Crippen LogP contribution in [0, 0.1) is 0 Å². The molecule has 0 bridgehead atoms. The number of likely N-dealkylation sites (tertiary alicyclic amines) is 1. The molecule has 1 amide bonds. The maximum absolute atomic E-state index is 11.9. The molecule has 86 valence electrons. The summed E-state index contributed by atoms with van der Waals surface area (Å²) < 4.78 is 0. The summed E-state index contributed by atoms with van der Waals surface area (Å²) in [6, 6.07) is -0.115. The second-order valence-electron chi connectivity index (χ2n) is 4.38. The van der Waals surface area contributed by atoms with Crippen LogP contribution >= 0.6 is 0 Å². The van der Waals surface area contributed by atoms with Gasteiger partial charge in [-0.25, -0.2) is 0 Å². The fourth-order valence-electron chi connectivity index (χ4n) is 2.23. The van der Waals surface area contributed by atoms with Crippen molar-refractivity contribution in [2.24, 2.45) is 0 Å². The molecule has 5 nitrogen and oxygen atoms in total. The largest absolute Gasteiger partial charge is 0.388 e. The summed E-state index contributed by atoms with van der Waals surface area (Å²) in [5.41, 5.74) is 0. The zero-order chi connectivity index (χ0) is 10.8. The lowest BCUT2D eigenvalue weighted by atomic mass is 10.0. The SMILES string of the molecule is O=C(C1CCCCN1)N1C[C@@H](O)[C@@H](O)C1. The minimum atomic E-state index is -0.780. The smallest absolute Gasteiger partial charge is 0.239 e. The summed E-state index contributed by atoms with van der Waals surface area (Å²) in [5, 5.41) is 21.9. The Balaban J connectivity index is 1.90. The van der Waals surface area contributed by atoms with E-state index in [1.165, 1.54) is 0 Å². The van der Waals surface area contributed by atoms with Crippen LogP contribution in [0.1, 0.15) is 19.3 Å². The van der Waals surface area contributed by atoms with Gasteiger partial charge in [0, 0.05) is 13.1 Å². The summed E-state index contributed by atoms with van der Waals surface area (Å²) in [6.07, 6.45) is 1.49. The molecule has 1 unspecified atom stereocenters. The highest BCUT2D eigenvalue weighted by Crippen LogP contribution is 2.15. The molecule has 0 aromatic heterocycles. The molecule has 2 saturated heterocycles. The van der Waals surface area contributed by atoms with Crippen LogP contribution in [0.5, 0.6) is 0 Å². The lowest BCUT2D eigenvalue weighted by Gasteiger charge is -2.27. The average molecular weight is 214 g/mol. The van der Waals surface area contributed by atoms with Gasteiger partial charge in [-0.15, -0.1) is 0 Å². The highest BCUT2D eigenvalue weighted by molar-refractivity contribution is 5.82. The van der Waals surface area contributed by atoms with E-state index in [1.54, 1.807) is 4.90 Å². The highest BCUT2D eigenvalue weighted by Gasteiger charge is 2.35. The van der Waals surface area contributed by atoms with Crippen molar-refractivity contribution in [2.75, 3.05) is 19.6 Å². The van der Waals surface area contributed by atoms with Gasteiger partial charge in [0.25, 0.3) is 0 Å². The van der Waals surface area contributed by atoms with Crippen LogP contribution in [-0.2, 0) is 4.79 Å². The quantitative estimate of drug-likeness (QED) is 0.507. The number of piperidine rings is 1. The van der Waals surface area contributed by atoms with Crippen LogP contribution < -0.4 is 5.32 Å². The van der Waals surface area contributed by atoms with E-state index in [-0.39, 0.29) is 25.0 Å². The number of nitrogens with zero attached hydrogens (tertiary/aromatic N) is 1. The van der Waals surface area contributed by atoms with E-state index in [1.807, 2.05) is 0 Å². The lowest BCUT2D eigenvalue weighted by molar-refractivity contribution is -0.133.